The van der Waals surface area contributed by atoms with Gasteiger partial charge in [0.05, 0.1) is 0 Å². The Labute approximate surface area is 112 Å². The fourth-order valence-electron chi connectivity index (χ4n) is 2.19. The predicted octanol–water partition coefficient (Wildman–Crippen LogP) is 3.27. The largest absolute Gasteiger partial charge is 0.381 e. The van der Waals surface area contributed by atoms with Gasteiger partial charge < -0.3 is 10.1 Å². The Morgan fingerprint density at radius 3 is 2.82 bits per heavy atom. The van der Waals surface area contributed by atoms with Crippen molar-refractivity contribution in [3.63, 3.8) is 0 Å². The molecule has 1 heterocycles. The summed E-state index contributed by atoms with van der Waals surface area (Å²) in [5, 5.41) is 3.55. The Balaban J connectivity index is 1.75. The van der Waals surface area contributed by atoms with Crippen LogP contribution in [-0.4, -0.2) is 19.8 Å². The quantitative estimate of drug-likeness (QED) is 0.921. The van der Waals surface area contributed by atoms with Gasteiger partial charge in [0.15, 0.2) is 0 Å². The van der Waals surface area contributed by atoms with Crippen molar-refractivity contribution in [1.82, 2.24) is 5.32 Å². The molecule has 0 aromatic heterocycles. The summed E-state index contributed by atoms with van der Waals surface area (Å²) in [4.78, 5) is 0. The molecule has 1 aliphatic heterocycles. The standard InChI is InChI=1S/C14H20BrNO/c1-11-8-13(2-3-14(11)15)10-16-9-12-4-6-17-7-5-12/h2-3,8,12,16H,4-7,9-10H2,1H3. The van der Waals surface area contributed by atoms with E-state index in [9.17, 15) is 0 Å². The number of nitrogens with one attached hydrogen (secondary N) is 1. The summed E-state index contributed by atoms with van der Waals surface area (Å²) < 4.78 is 6.55. The number of aryl methyl sites for hydroxylation is 1. The molecule has 1 N–H and O–H groups in total. The highest BCUT2D eigenvalue weighted by molar-refractivity contribution is 9.10. The van der Waals surface area contributed by atoms with E-state index in [1.807, 2.05) is 0 Å². The lowest BCUT2D eigenvalue weighted by molar-refractivity contribution is 0.0662. The first-order valence-corrected chi connectivity index (χ1v) is 7.08. The van der Waals surface area contributed by atoms with E-state index in [1.165, 1.54) is 28.4 Å². The summed E-state index contributed by atoms with van der Waals surface area (Å²) in [5.74, 6) is 0.792. The highest BCUT2D eigenvalue weighted by Crippen LogP contribution is 2.17. The van der Waals surface area contributed by atoms with Gasteiger partial charge in [-0.2, -0.15) is 0 Å². The molecule has 0 atom stereocenters. The van der Waals surface area contributed by atoms with Crippen LogP contribution in [-0.2, 0) is 11.3 Å². The van der Waals surface area contributed by atoms with Crippen molar-refractivity contribution in [1.29, 1.82) is 0 Å². The second-order valence-electron chi connectivity index (χ2n) is 4.77. The van der Waals surface area contributed by atoms with Crippen LogP contribution in [0.25, 0.3) is 0 Å². The summed E-state index contributed by atoms with van der Waals surface area (Å²) in [6.07, 6.45) is 2.40. The zero-order valence-electron chi connectivity index (χ0n) is 10.3. The molecule has 2 rings (SSSR count). The van der Waals surface area contributed by atoms with Gasteiger partial charge in [0.2, 0.25) is 0 Å². The number of ether oxygens (including phenoxy) is 1. The summed E-state index contributed by atoms with van der Waals surface area (Å²) in [5.41, 5.74) is 2.66. The number of hydrogen-bond acceptors (Lipinski definition) is 2. The van der Waals surface area contributed by atoms with Crippen LogP contribution in [0, 0.1) is 12.8 Å². The fraction of sp³-hybridized carbons (Fsp3) is 0.571. The molecular formula is C14H20BrNO. The van der Waals surface area contributed by atoms with Crippen molar-refractivity contribution in [3.8, 4) is 0 Å². The zero-order valence-corrected chi connectivity index (χ0v) is 11.9. The average Bonchev–Trinajstić information content (AvgIpc) is 2.35. The number of hydrogen-bond donors (Lipinski definition) is 1. The second-order valence-corrected chi connectivity index (χ2v) is 5.62. The Morgan fingerprint density at radius 1 is 1.35 bits per heavy atom. The van der Waals surface area contributed by atoms with Crippen LogP contribution >= 0.6 is 15.9 Å². The summed E-state index contributed by atoms with van der Waals surface area (Å²) >= 11 is 3.53. The number of rotatable bonds is 4. The summed E-state index contributed by atoms with van der Waals surface area (Å²) in [6.45, 7) is 6.07. The monoisotopic (exact) mass is 297 g/mol. The normalized spacial score (nSPS) is 17.3. The van der Waals surface area contributed by atoms with Crippen LogP contribution in [0.1, 0.15) is 24.0 Å². The molecule has 0 bridgehead atoms. The van der Waals surface area contributed by atoms with Gasteiger partial charge in [0.25, 0.3) is 0 Å². The molecule has 0 spiro atoms. The molecule has 0 amide bonds. The average molecular weight is 298 g/mol. The van der Waals surface area contributed by atoms with Crippen LogP contribution in [0.5, 0.6) is 0 Å². The summed E-state index contributed by atoms with van der Waals surface area (Å²) in [6, 6.07) is 6.54. The lowest BCUT2D eigenvalue weighted by atomic mass is 10.0. The Morgan fingerprint density at radius 2 is 2.12 bits per heavy atom. The smallest absolute Gasteiger partial charge is 0.0469 e. The zero-order chi connectivity index (χ0) is 12.1. The van der Waals surface area contributed by atoms with E-state index in [2.05, 4.69) is 46.4 Å². The van der Waals surface area contributed by atoms with Gasteiger partial charge in [0.1, 0.15) is 0 Å². The molecule has 1 aromatic rings. The van der Waals surface area contributed by atoms with Crippen molar-refractivity contribution >= 4 is 15.9 Å². The van der Waals surface area contributed by atoms with Crippen LogP contribution in [0.15, 0.2) is 22.7 Å². The van der Waals surface area contributed by atoms with Crippen LogP contribution in [0.4, 0.5) is 0 Å². The van der Waals surface area contributed by atoms with Crippen molar-refractivity contribution in [2.75, 3.05) is 19.8 Å². The molecule has 2 nitrogen and oxygen atoms in total. The molecule has 0 unspecified atom stereocenters. The molecule has 0 radical (unpaired) electrons. The minimum atomic E-state index is 0.792. The Kier molecular flexibility index (Phi) is 5.01. The molecule has 17 heavy (non-hydrogen) atoms. The van der Waals surface area contributed by atoms with Crippen molar-refractivity contribution in [3.05, 3.63) is 33.8 Å². The van der Waals surface area contributed by atoms with E-state index in [0.717, 1.165) is 32.2 Å². The Hall–Kier alpha value is -0.380. The van der Waals surface area contributed by atoms with E-state index >= 15 is 0 Å². The van der Waals surface area contributed by atoms with Gasteiger partial charge in [-0.3, -0.25) is 0 Å². The number of halogens is 1. The van der Waals surface area contributed by atoms with Gasteiger partial charge in [-0.25, -0.2) is 0 Å². The highest BCUT2D eigenvalue weighted by Gasteiger charge is 2.12. The lowest BCUT2D eigenvalue weighted by Gasteiger charge is -2.22. The third-order valence-corrected chi connectivity index (χ3v) is 4.22. The lowest BCUT2D eigenvalue weighted by Crippen LogP contribution is -2.27. The molecular weight excluding hydrogens is 278 g/mol. The van der Waals surface area contributed by atoms with Gasteiger partial charge in [-0.05, 0) is 49.4 Å². The SMILES string of the molecule is Cc1cc(CNCC2CCOCC2)ccc1Br. The van der Waals surface area contributed by atoms with E-state index in [4.69, 9.17) is 4.74 Å². The summed E-state index contributed by atoms with van der Waals surface area (Å²) in [7, 11) is 0. The predicted molar refractivity (Wildman–Crippen MR) is 74.1 cm³/mol. The highest BCUT2D eigenvalue weighted by atomic mass is 79.9. The van der Waals surface area contributed by atoms with E-state index < -0.39 is 0 Å². The van der Waals surface area contributed by atoms with Gasteiger partial charge in [-0.1, -0.05) is 28.1 Å². The van der Waals surface area contributed by atoms with Gasteiger partial charge >= 0.3 is 0 Å². The van der Waals surface area contributed by atoms with Crippen LogP contribution < -0.4 is 5.32 Å². The second kappa shape index (κ2) is 6.53. The topological polar surface area (TPSA) is 21.3 Å². The molecule has 0 saturated carbocycles. The molecule has 94 valence electrons. The van der Waals surface area contributed by atoms with Crippen LogP contribution in [0.3, 0.4) is 0 Å². The first-order chi connectivity index (χ1) is 8.25. The Bertz CT molecular complexity index is 361. The van der Waals surface area contributed by atoms with Crippen molar-refractivity contribution < 1.29 is 4.74 Å². The van der Waals surface area contributed by atoms with Gasteiger partial charge in [0, 0.05) is 24.2 Å². The molecule has 3 heteroatoms. The van der Waals surface area contributed by atoms with Gasteiger partial charge in [-0.15, -0.1) is 0 Å². The molecule has 1 aromatic carbocycles. The molecule has 1 fully saturated rings. The number of benzene rings is 1. The maximum atomic E-state index is 5.36. The molecule has 1 aliphatic rings. The fourth-order valence-corrected chi connectivity index (χ4v) is 2.43. The van der Waals surface area contributed by atoms with E-state index in [-0.39, 0.29) is 0 Å². The first kappa shape index (κ1) is 13.1. The van der Waals surface area contributed by atoms with Crippen molar-refractivity contribution in [2.45, 2.75) is 26.3 Å². The third-order valence-electron chi connectivity index (χ3n) is 3.33. The first-order valence-electron chi connectivity index (χ1n) is 6.29. The molecule has 1 saturated heterocycles. The third kappa shape index (κ3) is 4.09. The van der Waals surface area contributed by atoms with E-state index in [1.54, 1.807) is 0 Å². The van der Waals surface area contributed by atoms with E-state index in [0.29, 0.717) is 0 Å². The maximum absolute atomic E-state index is 5.36. The minimum Gasteiger partial charge on any atom is -0.381 e. The van der Waals surface area contributed by atoms with Crippen molar-refractivity contribution in [2.24, 2.45) is 5.92 Å². The minimum absolute atomic E-state index is 0.792. The molecule has 0 aliphatic carbocycles. The maximum Gasteiger partial charge on any atom is 0.0469 e. The van der Waals surface area contributed by atoms with Crippen LogP contribution in [0.2, 0.25) is 0 Å².